The van der Waals surface area contributed by atoms with Gasteiger partial charge in [-0.25, -0.2) is 0 Å². The largest absolute Gasteiger partial charge is 0.481 e. The lowest BCUT2D eigenvalue weighted by atomic mass is 10.1. The van der Waals surface area contributed by atoms with Crippen molar-refractivity contribution in [1.82, 2.24) is 0 Å². The molecule has 0 radical (unpaired) electrons. The van der Waals surface area contributed by atoms with Gasteiger partial charge in [-0.15, -0.1) is 0 Å². The van der Waals surface area contributed by atoms with Crippen LogP contribution in [0.25, 0.3) is 0 Å². The van der Waals surface area contributed by atoms with Gasteiger partial charge in [0.15, 0.2) is 12.0 Å². The minimum Gasteiger partial charge on any atom is -0.481 e. The molecule has 2 rings (SSSR count). The summed E-state index contributed by atoms with van der Waals surface area (Å²) in [6, 6.07) is 4.70. The Morgan fingerprint density at radius 1 is 1.38 bits per heavy atom. The van der Waals surface area contributed by atoms with E-state index in [1.165, 1.54) is 13.2 Å². The van der Waals surface area contributed by atoms with Crippen molar-refractivity contribution >= 4 is 5.69 Å². The molecule has 1 aromatic carbocycles. The van der Waals surface area contributed by atoms with Gasteiger partial charge in [-0.3, -0.25) is 10.1 Å². The number of nitro benzene ring substituents is 1. The molecule has 0 spiro atoms. The minimum atomic E-state index is -0.528. The number of nitro groups is 1. The summed E-state index contributed by atoms with van der Waals surface area (Å²) in [6.45, 7) is 5.64. The minimum absolute atomic E-state index is 0.0660. The van der Waals surface area contributed by atoms with E-state index in [2.05, 4.69) is 0 Å². The second-order valence-corrected chi connectivity index (χ2v) is 5.70. The van der Waals surface area contributed by atoms with Gasteiger partial charge in [-0.05, 0) is 38.5 Å². The maximum atomic E-state index is 11.1. The van der Waals surface area contributed by atoms with Gasteiger partial charge in [0.25, 0.3) is 0 Å². The van der Waals surface area contributed by atoms with Crippen LogP contribution >= 0.6 is 0 Å². The lowest BCUT2D eigenvalue weighted by Crippen LogP contribution is -2.23. The number of epoxide rings is 1. The van der Waals surface area contributed by atoms with E-state index >= 15 is 0 Å². The molecule has 1 aromatic rings. The van der Waals surface area contributed by atoms with Crippen molar-refractivity contribution in [3.63, 3.8) is 0 Å². The third-order valence-corrected chi connectivity index (χ3v) is 2.73. The highest BCUT2D eigenvalue weighted by atomic mass is 16.8. The first kappa shape index (κ1) is 15.7. The van der Waals surface area contributed by atoms with E-state index in [9.17, 15) is 10.1 Å². The molecule has 1 aliphatic heterocycles. The molecule has 1 fully saturated rings. The first-order valence-electron chi connectivity index (χ1n) is 6.55. The summed E-state index contributed by atoms with van der Waals surface area (Å²) in [7, 11) is 1.53. The van der Waals surface area contributed by atoms with Gasteiger partial charge >= 0.3 is 5.69 Å². The molecule has 0 saturated carbocycles. The van der Waals surface area contributed by atoms with Crippen molar-refractivity contribution in [3.8, 4) is 5.75 Å². The molecular formula is C14H19NO6. The number of hydrogen-bond acceptors (Lipinski definition) is 6. The standard InChI is InChI=1S/C14H19NO6/c1-14(2,3)21-11-7-9(5-6-10(11)15(16)17)12-13(20-12)19-8-18-4/h5-7,12-13H,8H2,1-4H3. The zero-order valence-electron chi connectivity index (χ0n) is 12.5. The number of ether oxygens (including phenoxy) is 4. The van der Waals surface area contributed by atoms with Crippen LogP contribution in [0, 0.1) is 10.1 Å². The predicted octanol–water partition coefficient (Wildman–Crippen LogP) is 2.79. The summed E-state index contributed by atoms with van der Waals surface area (Å²) in [6.07, 6.45) is -0.628. The van der Waals surface area contributed by atoms with Crippen LogP contribution in [0.15, 0.2) is 18.2 Å². The van der Waals surface area contributed by atoms with Crippen LogP contribution in [-0.2, 0) is 14.2 Å². The Kier molecular flexibility index (Phi) is 4.46. The highest BCUT2D eigenvalue weighted by Crippen LogP contribution is 2.42. The van der Waals surface area contributed by atoms with Gasteiger partial charge < -0.3 is 18.9 Å². The second kappa shape index (κ2) is 5.97. The van der Waals surface area contributed by atoms with Crippen molar-refractivity contribution < 1.29 is 23.9 Å². The number of hydrogen-bond donors (Lipinski definition) is 0. The zero-order valence-corrected chi connectivity index (χ0v) is 12.5. The third-order valence-electron chi connectivity index (χ3n) is 2.73. The summed E-state index contributed by atoms with van der Waals surface area (Å²) in [5.41, 5.74) is 0.185. The van der Waals surface area contributed by atoms with Gasteiger partial charge in [0.2, 0.25) is 0 Å². The van der Waals surface area contributed by atoms with Crippen LogP contribution < -0.4 is 4.74 Å². The van der Waals surface area contributed by atoms with Crippen molar-refractivity contribution in [2.45, 2.75) is 38.8 Å². The van der Waals surface area contributed by atoms with Gasteiger partial charge in [-0.2, -0.15) is 0 Å². The summed E-state index contributed by atoms with van der Waals surface area (Å²) < 4.78 is 21.1. The SMILES string of the molecule is COCOC1OC1c1ccc([N+](=O)[O-])c(OC(C)(C)C)c1. The normalized spacial score (nSPS) is 21.1. The Hall–Kier alpha value is -1.70. The molecule has 7 nitrogen and oxygen atoms in total. The van der Waals surface area contributed by atoms with E-state index in [4.69, 9.17) is 18.9 Å². The van der Waals surface area contributed by atoms with E-state index in [0.717, 1.165) is 5.56 Å². The summed E-state index contributed by atoms with van der Waals surface area (Å²) >= 11 is 0. The molecule has 2 atom stereocenters. The number of rotatable bonds is 6. The Labute approximate surface area is 122 Å². The van der Waals surface area contributed by atoms with Crippen molar-refractivity contribution in [2.24, 2.45) is 0 Å². The molecule has 0 bridgehead atoms. The smallest absolute Gasteiger partial charge is 0.310 e. The molecule has 1 saturated heterocycles. The first-order chi connectivity index (χ1) is 9.81. The molecule has 21 heavy (non-hydrogen) atoms. The van der Waals surface area contributed by atoms with Crippen LogP contribution in [0.1, 0.15) is 32.4 Å². The maximum Gasteiger partial charge on any atom is 0.310 e. The van der Waals surface area contributed by atoms with Gasteiger partial charge in [-0.1, -0.05) is 0 Å². The fourth-order valence-corrected chi connectivity index (χ4v) is 1.87. The molecule has 0 N–H and O–H groups in total. The number of nitrogens with zero attached hydrogens (tertiary/aromatic N) is 1. The molecule has 0 aliphatic carbocycles. The average Bonchev–Trinajstić information content (AvgIpc) is 3.13. The maximum absolute atomic E-state index is 11.1. The molecule has 7 heteroatoms. The molecule has 0 amide bonds. The fourth-order valence-electron chi connectivity index (χ4n) is 1.87. The lowest BCUT2D eigenvalue weighted by molar-refractivity contribution is -0.386. The first-order valence-corrected chi connectivity index (χ1v) is 6.55. The van der Waals surface area contributed by atoms with Crippen molar-refractivity contribution in [1.29, 1.82) is 0 Å². The van der Waals surface area contributed by atoms with Crippen LogP contribution in [-0.4, -0.2) is 30.7 Å². The molecule has 116 valence electrons. The van der Waals surface area contributed by atoms with E-state index < -0.39 is 10.5 Å². The topological polar surface area (TPSA) is 83.4 Å². The lowest BCUT2D eigenvalue weighted by Gasteiger charge is -2.21. The van der Waals surface area contributed by atoms with Crippen LogP contribution in [0.2, 0.25) is 0 Å². The molecule has 1 aliphatic rings. The van der Waals surface area contributed by atoms with Crippen LogP contribution in [0.5, 0.6) is 5.75 Å². The van der Waals surface area contributed by atoms with Gasteiger partial charge in [0, 0.05) is 13.2 Å². The Balaban J connectivity index is 2.18. The monoisotopic (exact) mass is 297 g/mol. The second-order valence-electron chi connectivity index (χ2n) is 5.70. The molecule has 0 aromatic heterocycles. The van der Waals surface area contributed by atoms with Gasteiger partial charge in [0.1, 0.15) is 18.5 Å². The average molecular weight is 297 g/mol. The Bertz CT molecular complexity index is 525. The number of methoxy groups -OCH3 is 1. The highest BCUT2D eigenvalue weighted by Gasteiger charge is 2.42. The Morgan fingerprint density at radius 2 is 2.10 bits per heavy atom. The Morgan fingerprint density at radius 3 is 2.67 bits per heavy atom. The molecular weight excluding hydrogens is 278 g/mol. The summed E-state index contributed by atoms with van der Waals surface area (Å²) in [5, 5.41) is 11.1. The predicted molar refractivity (Wildman–Crippen MR) is 74.1 cm³/mol. The third kappa shape index (κ3) is 4.13. The summed E-state index contributed by atoms with van der Waals surface area (Å²) in [5.74, 6) is 0.228. The highest BCUT2D eigenvalue weighted by molar-refractivity contribution is 5.49. The summed E-state index contributed by atoms with van der Waals surface area (Å²) in [4.78, 5) is 10.6. The fraction of sp³-hybridized carbons (Fsp3) is 0.571. The van der Waals surface area contributed by atoms with E-state index in [1.807, 2.05) is 20.8 Å². The van der Waals surface area contributed by atoms with Crippen LogP contribution in [0.3, 0.4) is 0 Å². The number of benzene rings is 1. The van der Waals surface area contributed by atoms with Crippen molar-refractivity contribution in [3.05, 3.63) is 33.9 Å². The van der Waals surface area contributed by atoms with Crippen molar-refractivity contribution in [2.75, 3.05) is 13.9 Å². The van der Waals surface area contributed by atoms with E-state index in [1.54, 1.807) is 12.1 Å². The molecule has 1 heterocycles. The molecule has 2 unspecified atom stereocenters. The van der Waals surface area contributed by atoms with Gasteiger partial charge in [0.05, 0.1) is 4.92 Å². The quantitative estimate of drug-likeness (QED) is 0.347. The van der Waals surface area contributed by atoms with E-state index in [-0.39, 0.29) is 30.6 Å². The zero-order chi connectivity index (χ0) is 15.6. The van der Waals surface area contributed by atoms with Crippen LogP contribution in [0.4, 0.5) is 5.69 Å². The van der Waals surface area contributed by atoms with E-state index in [0.29, 0.717) is 0 Å².